The van der Waals surface area contributed by atoms with Crippen LogP contribution in [0.5, 0.6) is 5.75 Å². The summed E-state index contributed by atoms with van der Waals surface area (Å²) >= 11 is 1.59. The fourth-order valence-corrected chi connectivity index (χ4v) is 2.94. The molecule has 0 bridgehead atoms. The Morgan fingerprint density at radius 2 is 2.16 bits per heavy atom. The number of thiazole rings is 1. The zero-order chi connectivity index (χ0) is 17.6. The molecule has 0 spiro atoms. The van der Waals surface area contributed by atoms with E-state index in [1.807, 2.05) is 49.6 Å². The largest absolute Gasteiger partial charge is 0.487 e. The molecule has 3 aromatic rings. The number of hydrogen-bond acceptors (Lipinski definition) is 5. The van der Waals surface area contributed by atoms with Gasteiger partial charge in [0.1, 0.15) is 12.4 Å². The minimum absolute atomic E-state index is 0.159. The van der Waals surface area contributed by atoms with Crippen molar-refractivity contribution in [2.24, 2.45) is 0 Å². The molecular weight excluding hydrogens is 334 g/mol. The minimum atomic E-state index is -0.170. The fourth-order valence-electron chi connectivity index (χ4n) is 2.34. The van der Waals surface area contributed by atoms with Gasteiger partial charge in [-0.2, -0.15) is 0 Å². The molecule has 0 saturated heterocycles. The summed E-state index contributed by atoms with van der Waals surface area (Å²) in [6.07, 6.45) is 1.71. The van der Waals surface area contributed by atoms with E-state index in [4.69, 9.17) is 4.74 Å². The molecule has 0 aliphatic heterocycles. The predicted octanol–water partition coefficient (Wildman–Crippen LogP) is 3.92. The molecule has 1 aromatic carbocycles. The average molecular weight is 353 g/mol. The number of ether oxygens (including phenoxy) is 1. The molecular formula is C19H19N3O2S. The average Bonchev–Trinajstić information content (AvgIpc) is 3.06. The van der Waals surface area contributed by atoms with Crippen LogP contribution in [-0.2, 0) is 6.61 Å². The van der Waals surface area contributed by atoms with Gasteiger partial charge in [-0.25, -0.2) is 4.98 Å². The maximum Gasteiger partial charge on any atom is 0.251 e. The van der Waals surface area contributed by atoms with Crippen LogP contribution in [0.2, 0.25) is 0 Å². The zero-order valence-electron chi connectivity index (χ0n) is 14.1. The molecule has 1 atom stereocenters. The second-order valence-corrected chi connectivity index (χ2v) is 6.69. The van der Waals surface area contributed by atoms with Crippen LogP contribution in [0.3, 0.4) is 0 Å². The van der Waals surface area contributed by atoms with Crippen molar-refractivity contribution in [3.8, 4) is 5.75 Å². The Morgan fingerprint density at radius 3 is 2.88 bits per heavy atom. The molecule has 0 radical (unpaired) electrons. The minimum Gasteiger partial charge on any atom is -0.487 e. The third-order valence-electron chi connectivity index (χ3n) is 3.63. The van der Waals surface area contributed by atoms with Gasteiger partial charge in [0.25, 0.3) is 5.91 Å². The van der Waals surface area contributed by atoms with Crippen LogP contribution < -0.4 is 10.1 Å². The fraction of sp³-hybridized carbons (Fsp3) is 0.211. The van der Waals surface area contributed by atoms with Crippen LogP contribution in [0.4, 0.5) is 0 Å². The summed E-state index contributed by atoms with van der Waals surface area (Å²) in [4.78, 5) is 21.1. The molecule has 1 N–H and O–H groups in total. The van der Waals surface area contributed by atoms with Crippen molar-refractivity contribution in [1.82, 2.24) is 15.3 Å². The number of amides is 1. The molecule has 2 aromatic heterocycles. The highest BCUT2D eigenvalue weighted by Gasteiger charge is 2.13. The lowest BCUT2D eigenvalue weighted by atomic mass is 10.1. The third-order valence-corrected chi connectivity index (χ3v) is 4.45. The first kappa shape index (κ1) is 17.1. The normalized spacial score (nSPS) is 11.8. The van der Waals surface area contributed by atoms with Crippen molar-refractivity contribution in [1.29, 1.82) is 0 Å². The van der Waals surface area contributed by atoms with Crippen LogP contribution in [-0.4, -0.2) is 15.9 Å². The standard InChI is InChI=1S/C19H19N3O2S/c1-13(18-8-3-4-9-20-18)21-19(23)15-6-5-7-17(10-15)24-11-16-12-25-14(2)22-16/h3-10,12-13H,11H2,1-2H3,(H,21,23). The van der Waals surface area contributed by atoms with E-state index >= 15 is 0 Å². The van der Waals surface area contributed by atoms with E-state index < -0.39 is 0 Å². The molecule has 6 heteroatoms. The van der Waals surface area contributed by atoms with E-state index in [0.717, 1.165) is 16.4 Å². The van der Waals surface area contributed by atoms with Crippen molar-refractivity contribution in [2.45, 2.75) is 26.5 Å². The summed E-state index contributed by atoms with van der Waals surface area (Å²) in [5.41, 5.74) is 2.26. The summed E-state index contributed by atoms with van der Waals surface area (Å²) in [6.45, 7) is 4.26. The first-order valence-electron chi connectivity index (χ1n) is 7.97. The van der Waals surface area contributed by atoms with Crippen LogP contribution in [0.1, 0.15) is 39.7 Å². The van der Waals surface area contributed by atoms with Crippen LogP contribution in [0.25, 0.3) is 0 Å². The summed E-state index contributed by atoms with van der Waals surface area (Å²) in [5, 5.41) is 5.93. The molecule has 2 heterocycles. The molecule has 25 heavy (non-hydrogen) atoms. The Kier molecular flexibility index (Phi) is 5.40. The lowest BCUT2D eigenvalue weighted by molar-refractivity contribution is 0.0938. The van der Waals surface area contributed by atoms with Gasteiger partial charge in [-0.3, -0.25) is 9.78 Å². The van der Waals surface area contributed by atoms with E-state index in [-0.39, 0.29) is 11.9 Å². The third kappa shape index (κ3) is 4.64. The van der Waals surface area contributed by atoms with E-state index in [1.54, 1.807) is 29.7 Å². The van der Waals surface area contributed by atoms with Gasteiger partial charge in [-0.1, -0.05) is 12.1 Å². The molecule has 0 fully saturated rings. The van der Waals surface area contributed by atoms with Crippen LogP contribution in [0, 0.1) is 6.92 Å². The molecule has 3 rings (SSSR count). The van der Waals surface area contributed by atoms with Gasteiger partial charge in [0.15, 0.2) is 0 Å². The molecule has 0 aliphatic rings. The SMILES string of the molecule is Cc1nc(COc2cccc(C(=O)NC(C)c3ccccn3)c2)cs1. The molecule has 1 amide bonds. The quantitative estimate of drug-likeness (QED) is 0.729. The monoisotopic (exact) mass is 353 g/mol. The molecule has 5 nitrogen and oxygen atoms in total. The number of aryl methyl sites for hydroxylation is 1. The first-order chi connectivity index (χ1) is 12.1. The van der Waals surface area contributed by atoms with E-state index in [2.05, 4.69) is 15.3 Å². The Morgan fingerprint density at radius 1 is 1.28 bits per heavy atom. The first-order valence-corrected chi connectivity index (χ1v) is 8.85. The van der Waals surface area contributed by atoms with Gasteiger partial charge in [0, 0.05) is 17.1 Å². The van der Waals surface area contributed by atoms with Crippen molar-refractivity contribution in [2.75, 3.05) is 0 Å². The number of nitrogens with zero attached hydrogens (tertiary/aromatic N) is 2. The molecule has 0 aliphatic carbocycles. The highest BCUT2D eigenvalue weighted by molar-refractivity contribution is 7.09. The lowest BCUT2D eigenvalue weighted by Crippen LogP contribution is -2.27. The van der Waals surface area contributed by atoms with Crippen molar-refractivity contribution in [3.05, 3.63) is 76.0 Å². The van der Waals surface area contributed by atoms with E-state index in [9.17, 15) is 4.79 Å². The Bertz CT molecular complexity index is 849. The smallest absolute Gasteiger partial charge is 0.251 e. The number of rotatable bonds is 6. The highest BCUT2D eigenvalue weighted by atomic mass is 32.1. The number of pyridine rings is 1. The number of aromatic nitrogens is 2. The van der Waals surface area contributed by atoms with Gasteiger partial charge in [-0.15, -0.1) is 11.3 Å². The number of hydrogen-bond donors (Lipinski definition) is 1. The van der Waals surface area contributed by atoms with Gasteiger partial charge in [0.05, 0.1) is 22.4 Å². The Hall–Kier alpha value is -2.73. The lowest BCUT2D eigenvalue weighted by Gasteiger charge is -2.14. The maximum absolute atomic E-state index is 12.5. The van der Waals surface area contributed by atoms with Crippen molar-refractivity contribution >= 4 is 17.2 Å². The zero-order valence-corrected chi connectivity index (χ0v) is 14.9. The highest BCUT2D eigenvalue weighted by Crippen LogP contribution is 2.17. The van der Waals surface area contributed by atoms with E-state index in [0.29, 0.717) is 17.9 Å². The number of nitrogens with one attached hydrogen (secondary N) is 1. The summed E-state index contributed by atoms with van der Waals surface area (Å²) in [6, 6.07) is 12.6. The second kappa shape index (κ2) is 7.90. The number of benzene rings is 1. The van der Waals surface area contributed by atoms with Crippen LogP contribution >= 0.6 is 11.3 Å². The molecule has 0 saturated carbocycles. The second-order valence-electron chi connectivity index (χ2n) is 5.62. The summed E-state index contributed by atoms with van der Waals surface area (Å²) in [5.74, 6) is 0.483. The van der Waals surface area contributed by atoms with Gasteiger partial charge >= 0.3 is 0 Å². The topological polar surface area (TPSA) is 64.1 Å². The number of carbonyl (C=O) groups is 1. The molecule has 1 unspecified atom stereocenters. The Balaban J connectivity index is 1.63. The molecule has 128 valence electrons. The summed E-state index contributed by atoms with van der Waals surface area (Å²) < 4.78 is 5.74. The maximum atomic E-state index is 12.5. The van der Waals surface area contributed by atoms with Gasteiger partial charge in [-0.05, 0) is 44.2 Å². The van der Waals surface area contributed by atoms with Gasteiger partial charge in [0.2, 0.25) is 0 Å². The van der Waals surface area contributed by atoms with Gasteiger partial charge < -0.3 is 10.1 Å². The Labute approximate surface area is 150 Å². The predicted molar refractivity (Wildman–Crippen MR) is 97.7 cm³/mol. The van der Waals surface area contributed by atoms with E-state index in [1.165, 1.54) is 0 Å². The number of carbonyl (C=O) groups excluding carboxylic acids is 1. The summed E-state index contributed by atoms with van der Waals surface area (Å²) in [7, 11) is 0. The van der Waals surface area contributed by atoms with Crippen LogP contribution in [0.15, 0.2) is 54.0 Å². The van der Waals surface area contributed by atoms with Crippen molar-refractivity contribution in [3.63, 3.8) is 0 Å². The van der Waals surface area contributed by atoms with Crippen molar-refractivity contribution < 1.29 is 9.53 Å².